The van der Waals surface area contributed by atoms with E-state index in [9.17, 15) is 67.1 Å². The fourth-order valence-corrected chi connectivity index (χ4v) is 5.62. The number of carbonyl (C=O) groups excluding carboxylic acids is 13. The van der Waals surface area contributed by atoms with Gasteiger partial charge < -0.3 is 80.8 Å². The highest BCUT2D eigenvalue weighted by Gasteiger charge is 2.27. The zero-order valence-corrected chi connectivity index (χ0v) is 39.7. The summed E-state index contributed by atoms with van der Waals surface area (Å²) in [5, 5.41) is 35.0. The fraction of sp³-hybridized carbons (Fsp3) is 0.659. The minimum Gasteiger partial charge on any atom is -0.480 e. The third-order valence-corrected chi connectivity index (χ3v) is 9.59. The molecule has 29 heteroatoms. The summed E-state index contributed by atoms with van der Waals surface area (Å²) in [6.45, 7) is 1.58. The second-order valence-electron chi connectivity index (χ2n) is 15.9. The number of carbonyl (C=O) groups is 14. The van der Waals surface area contributed by atoms with E-state index >= 15 is 0 Å². The average Bonchev–Trinajstić information content (AvgIpc) is 3.29. The van der Waals surface area contributed by atoms with Gasteiger partial charge in [-0.25, -0.2) is 0 Å². The van der Waals surface area contributed by atoms with E-state index in [-0.39, 0.29) is 64.3 Å². The van der Waals surface area contributed by atoms with Crippen molar-refractivity contribution in [1.29, 1.82) is 0 Å². The van der Waals surface area contributed by atoms with Crippen molar-refractivity contribution in [2.75, 3.05) is 45.8 Å². The maximum absolute atomic E-state index is 13.0. The van der Waals surface area contributed by atoms with Crippen LogP contribution < -0.4 is 75.7 Å². The molecule has 29 nitrogen and oxygen atoms in total. The van der Waals surface area contributed by atoms with Crippen LogP contribution in [0, 0.1) is 0 Å². The van der Waals surface area contributed by atoms with Crippen molar-refractivity contribution in [3.8, 4) is 0 Å². The Hall–Kier alpha value is -7.46. The normalized spacial score (nSPS) is 12.6. The molecular weight excluding hydrogens is 929 g/mol. The molecule has 0 radical (unpaired) electrons. The van der Waals surface area contributed by atoms with Crippen LogP contribution in [0.4, 0.5) is 0 Å². The molecule has 0 unspecified atom stereocenters. The molecular formula is C41H70N14O15. The third kappa shape index (κ3) is 31.5. The van der Waals surface area contributed by atoms with Crippen molar-refractivity contribution >= 4 is 82.8 Å². The molecule has 70 heavy (non-hydrogen) atoms. The molecule has 0 aliphatic rings. The predicted octanol–water partition coefficient (Wildman–Crippen LogP) is -7.14. The van der Waals surface area contributed by atoms with E-state index in [1.807, 2.05) is 0 Å². The van der Waals surface area contributed by atoms with Crippen LogP contribution in [0.15, 0.2) is 0 Å². The summed E-state index contributed by atoms with van der Waals surface area (Å²) in [5.41, 5.74) is 15.7. The van der Waals surface area contributed by atoms with Crippen LogP contribution in [0.1, 0.15) is 97.8 Å². The van der Waals surface area contributed by atoms with Crippen molar-refractivity contribution in [2.24, 2.45) is 17.2 Å². The fourth-order valence-electron chi connectivity index (χ4n) is 5.62. The van der Waals surface area contributed by atoms with E-state index in [4.69, 9.17) is 22.3 Å². The van der Waals surface area contributed by atoms with Crippen LogP contribution >= 0.6 is 0 Å². The molecule has 0 aliphatic carbocycles. The van der Waals surface area contributed by atoms with Gasteiger partial charge in [-0.15, -0.1) is 0 Å². The molecule has 18 N–H and O–H groups in total. The van der Waals surface area contributed by atoms with Crippen molar-refractivity contribution < 1.29 is 72.2 Å². The van der Waals surface area contributed by atoms with Gasteiger partial charge in [0.1, 0.15) is 30.2 Å². The molecule has 0 saturated heterocycles. The zero-order chi connectivity index (χ0) is 53.2. The van der Waals surface area contributed by atoms with E-state index in [1.165, 1.54) is 20.8 Å². The molecule has 13 amide bonds. The SMILES string of the molecule is C[C@@H](NC(=O)[C@@H](C)NC(=O)[C@H](CCCCNC(=O)CNC(=O)CNC(=O)CNC(=O)CNC(=O)CNC(=O)[C@@H](C)NC(=O)[C@H](CCCCN)NC(=O)CCCC(N)=O)NC(=O)CCCC(N)=O)C(=O)O. The first-order chi connectivity index (χ1) is 32.9. The molecule has 0 fully saturated rings. The van der Waals surface area contributed by atoms with Crippen LogP contribution in [0.5, 0.6) is 0 Å². The summed E-state index contributed by atoms with van der Waals surface area (Å²) in [6.07, 6.45) is 2.05. The topological polar surface area (TPSA) is 470 Å². The number of carboxylic acid groups (broad SMARTS) is 1. The summed E-state index contributed by atoms with van der Waals surface area (Å²) >= 11 is 0. The van der Waals surface area contributed by atoms with E-state index in [1.54, 1.807) is 0 Å². The monoisotopic (exact) mass is 999 g/mol. The Kier molecular flexibility index (Phi) is 31.9. The lowest BCUT2D eigenvalue weighted by atomic mass is 10.1. The number of unbranched alkanes of at least 4 members (excludes halogenated alkanes) is 2. The Morgan fingerprint density at radius 1 is 0.386 bits per heavy atom. The number of nitrogens with one attached hydrogen (secondary N) is 11. The number of amides is 13. The van der Waals surface area contributed by atoms with Gasteiger partial charge in [-0.2, -0.15) is 0 Å². The molecule has 0 aliphatic heterocycles. The Bertz CT molecular complexity index is 1850. The highest BCUT2D eigenvalue weighted by Crippen LogP contribution is 2.06. The second kappa shape index (κ2) is 35.7. The van der Waals surface area contributed by atoms with Gasteiger partial charge in [0.15, 0.2) is 0 Å². The second-order valence-corrected chi connectivity index (χ2v) is 15.9. The minimum absolute atomic E-state index is 0.00665. The molecule has 0 aromatic carbocycles. The molecule has 394 valence electrons. The number of aliphatic carboxylic acids is 1. The molecule has 0 saturated carbocycles. The lowest BCUT2D eigenvalue weighted by Crippen LogP contribution is -2.54. The minimum atomic E-state index is -1.29. The number of primary amides is 2. The van der Waals surface area contributed by atoms with Gasteiger partial charge in [0.05, 0.1) is 32.7 Å². The Labute approximate surface area is 403 Å². The highest BCUT2D eigenvalue weighted by molar-refractivity contribution is 5.95. The van der Waals surface area contributed by atoms with Crippen molar-refractivity contribution in [1.82, 2.24) is 58.5 Å². The first-order valence-electron chi connectivity index (χ1n) is 22.6. The van der Waals surface area contributed by atoms with E-state index < -0.39 is 146 Å². The molecule has 0 aromatic rings. The van der Waals surface area contributed by atoms with Crippen LogP contribution in [0.2, 0.25) is 0 Å². The molecule has 0 heterocycles. The van der Waals surface area contributed by atoms with Crippen LogP contribution in [-0.4, -0.2) is 164 Å². The van der Waals surface area contributed by atoms with Gasteiger partial charge in [0.2, 0.25) is 76.8 Å². The number of carboxylic acids is 1. The van der Waals surface area contributed by atoms with Gasteiger partial charge in [-0.3, -0.25) is 67.1 Å². The number of nitrogens with two attached hydrogens (primary N) is 3. The summed E-state index contributed by atoms with van der Waals surface area (Å²) < 4.78 is 0. The predicted molar refractivity (Wildman–Crippen MR) is 245 cm³/mol. The maximum atomic E-state index is 13.0. The smallest absolute Gasteiger partial charge is 0.325 e. The summed E-state index contributed by atoms with van der Waals surface area (Å²) in [6, 6.07) is -5.64. The van der Waals surface area contributed by atoms with Gasteiger partial charge >= 0.3 is 5.97 Å². The Morgan fingerprint density at radius 2 is 0.743 bits per heavy atom. The molecule has 0 bridgehead atoms. The van der Waals surface area contributed by atoms with Crippen LogP contribution in [-0.2, 0) is 67.1 Å². The van der Waals surface area contributed by atoms with Crippen molar-refractivity contribution in [3.63, 3.8) is 0 Å². The first kappa shape index (κ1) is 62.5. The van der Waals surface area contributed by atoms with Gasteiger partial charge in [-0.05, 0) is 78.7 Å². The zero-order valence-electron chi connectivity index (χ0n) is 39.7. The first-order valence-corrected chi connectivity index (χ1v) is 22.6. The summed E-state index contributed by atoms with van der Waals surface area (Å²) in [5.74, 6) is -10.2. The lowest BCUT2D eigenvalue weighted by molar-refractivity contribution is -0.141. The van der Waals surface area contributed by atoms with Crippen molar-refractivity contribution in [3.05, 3.63) is 0 Å². The highest BCUT2D eigenvalue weighted by atomic mass is 16.4. The van der Waals surface area contributed by atoms with Gasteiger partial charge in [0.25, 0.3) is 0 Å². The summed E-state index contributed by atoms with van der Waals surface area (Å²) in [4.78, 5) is 169. The van der Waals surface area contributed by atoms with Crippen LogP contribution in [0.3, 0.4) is 0 Å². The largest absolute Gasteiger partial charge is 0.480 e. The Balaban J connectivity index is 4.62. The molecule has 0 rings (SSSR count). The van der Waals surface area contributed by atoms with Crippen molar-refractivity contribution in [2.45, 2.75) is 128 Å². The molecule has 0 aromatic heterocycles. The quantitative estimate of drug-likeness (QED) is 0.0257. The van der Waals surface area contributed by atoms with E-state index in [0.717, 1.165) is 0 Å². The standard InChI is InChI=1S/C41H70N14O15/c1-23(51-39(67)26(10-4-6-16-42)54-30(58)14-8-12-28(43)56)37(65)50-22-36(64)49-21-35(63)48-20-34(62)47-19-33(61)46-18-32(60)45-17-7-5-11-27(55-31(59)15-9-13-29(44)57)40(68)52-24(2)38(66)53-25(3)41(69)70/h23-27H,4-22,42H2,1-3H3,(H2,43,56)(H2,44,57)(H,45,60)(H,46,61)(H,47,62)(H,48,63)(H,49,64)(H,50,65)(H,51,67)(H,52,68)(H,53,66)(H,54,58)(H,55,59)(H,69,70)/t23-,24-,25-,26+,27+/m1/s1. The molecule has 0 spiro atoms. The lowest BCUT2D eigenvalue weighted by Gasteiger charge is -2.22. The third-order valence-electron chi connectivity index (χ3n) is 9.59. The van der Waals surface area contributed by atoms with E-state index in [0.29, 0.717) is 25.8 Å². The average molecular weight is 999 g/mol. The number of hydrogen-bond donors (Lipinski definition) is 15. The van der Waals surface area contributed by atoms with Crippen LogP contribution in [0.25, 0.3) is 0 Å². The van der Waals surface area contributed by atoms with E-state index in [2.05, 4.69) is 58.5 Å². The number of rotatable bonds is 37. The summed E-state index contributed by atoms with van der Waals surface area (Å²) in [7, 11) is 0. The molecule has 5 atom stereocenters. The number of hydrogen-bond acceptors (Lipinski definition) is 15. The maximum Gasteiger partial charge on any atom is 0.325 e. The van der Waals surface area contributed by atoms with Gasteiger partial charge in [-0.1, -0.05) is 0 Å². The van der Waals surface area contributed by atoms with Gasteiger partial charge in [0, 0.05) is 32.2 Å². The Morgan fingerprint density at radius 3 is 1.13 bits per heavy atom.